The van der Waals surface area contributed by atoms with Crippen molar-refractivity contribution < 1.29 is 13.6 Å². The Morgan fingerprint density at radius 1 is 1.24 bits per heavy atom. The van der Waals surface area contributed by atoms with Crippen LogP contribution in [0.25, 0.3) is 0 Å². The second kappa shape index (κ2) is 5.52. The van der Waals surface area contributed by atoms with Crippen molar-refractivity contribution >= 4 is 11.6 Å². The van der Waals surface area contributed by atoms with E-state index in [1.54, 1.807) is 0 Å². The zero-order valence-corrected chi connectivity index (χ0v) is 11.2. The Bertz CT molecular complexity index is 663. The number of hydrogen-bond acceptors (Lipinski definition) is 2. The zero-order chi connectivity index (χ0) is 14.8. The fourth-order valence-electron chi connectivity index (χ4n) is 2.44. The molecule has 0 radical (unpaired) electrons. The van der Waals surface area contributed by atoms with Gasteiger partial charge in [-0.25, -0.2) is 8.78 Å². The Kier molecular flexibility index (Phi) is 3.56. The second-order valence-corrected chi connectivity index (χ2v) is 5.01. The molecule has 108 valence electrons. The summed E-state index contributed by atoms with van der Waals surface area (Å²) in [6.07, 6.45) is 0.591. The molecular formula is C16H14F2N2O. The van der Waals surface area contributed by atoms with Crippen LogP contribution < -0.4 is 10.6 Å². The van der Waals surface area contributed by atoms with E-state index in [1.165, 1.54) is 0 Å². The third-order valence-corrected chi connectivity index (χ3v) is 3.55. The number of benzene rings is 2. The number of amides is 1. The van der Waals surface area contributed by atoms with Crippen LogP contribution in [0.1, 0.15) is 11.1 Å². The first-order valence-electron chi connectivity index (χ1n) is 6.69. The molecule has 2 N–H and O–H groups in total. The van der Waals surface area contributed by atoms with E-state index >= 15 is 0 Å². The number of halogens is 2. The van der Waals surface area contributed by atoms with Gasteiger partial charge in [-0.15, -0.1) is 0 Å². The van der Waals surface area contributed by atoms with E-state index in [-0.39, 0.29) is 24.1 Å². The number of hydrogen-bond donors (Lipinski definition) is 2. The summed E-state index contributed by atoms with van der Waals surface area (Å²) in [5.41, 5.74) is 2.16. The standard InChI is InChI=1S/C16H14F2N2O/c17-12-5-6-13(18)11(7-12)9-19-16(21)15-8-10-3-1-2-4-14(10)20-15/h1-7,15,20H,8-9H2,(H,19,21). The average molecular weight is 288 g/mol. The van der Waals surface area contributed by atoms with Crippen LogP contribution in [0, 0.1) is 11.6 Å². The molecule has 0 bridgehead atoms. The van der Waals surface area contributed by atoms with Gasteiger partial charge >= 0.3 is 0 Å². The molecule has 0 fully saturated rings. The largest absolute Gasteiger partial charge is 0.373 e. The predicted octanol–water partition coefficient (Wildman–Crippen LogP) is 2.62. The van der Waals surface area contributed by atoms with Gasteiger partial charge in [-0.05, 0) is 29.8 Å². The van der Waals surface area contributed by atoms with Crippen LogP contribution >= 0.6 is 0 Å². The highest BCUT2D eigenvalue weighted by atomic mass is 19.1. The van der Waals surface area contributed by atoms with E-state index in [9.17, 15) is 13.6 Å². The van der Waals surface area contributed by atoms with Crippen LogP contribution in [0.2, 0.25) is 0 Å². The van der Waals surface area contributed by atoms with Crippen molar-refractivity contribution in [3.05, 3.63) is 65.2 Å². The number of nitrogens with one attached hydrogen (secondary N) is 2. The first-order valence-corrected chi connectivity index (χ1v) is 6.69. The van der Waals surface area contributed by atoms with E-state index in [2.05, 4.69) is 10.6 Å². The van der Waals surface area contributed by atoms with Crippen LogP contribution in [0.3, 0.4) is 0 Å². The van der Waals surface area contributed by atoms with Gasteiger partial charge in [-0.3, -0.25) is 4.79 Å². The molecule has 0 aromatic heterocycles. The molecule has 0 aliphatic carbocycles. The monoisotopic (exact) mass is 288 g/mol. The third kappa shape index (κ3) is 2.86. The molecule has 1 atom stereocenters. The van der Waals surface area contributed by atoms with Crippen molar-refractivity contribution in [3.8, 4) is 0 Å². The molecule has 0 spiro atoms. The lowest BCUT2D eigenvalue weighted by Gasteiger charge is -2.12. The molecule has 0 saturated carbocycles. The molecule has 1 aliphatic heterocycles. The molecule has 2 aromatic rings. The highest BCUT2D eigenvalue weighted by Gasteiger charge is 2.26. The van der Waals surface area contributed by atoms with E-state index in [1.807, 2.05) is 24.3 Å². The van der Waals surface area contributed by atoms with Crippen LogP contribution in [0.15, 0.2) is 42.5 Å². The molecular weight excluding hydrogens is 274 g/mol. The zero-order valence-electron chi connectivity index (χ0n) is 11.2. The summed E-state index contributed by atoms with van der Waals surface area (Å²) in [7, 11) is 0. The molecule has 3 rings (SSSR count). The maximum absolute atomic E-state index is 13.5. The minimum Gasteiger partial charge on any atom is -0.373 e. The lowest BCUT2D eigenvalue weighted by molar-refractivity contribution is -0.121. The molecule has 1 unspecified atom stereocenters. The van der Waals surface area contributed by atoms with Crippen LogP contribution in [-0.4, -0.2) is 11.9 Å². The molecule has 5 heteroatoms. The van der Waals surface area contributed by atoms with Gasteiger partial charge in [-0.1, -0.05) is 18.2 Å². The Labute approximate surface area is 121 Å². The second-order valence-electron chi connectivity index (χ2n) is 5.01. The molecule has 1 amide bonds. The van der Waals surface area contributed by atoms with Crippen molar-refractivity contribution in [2.24, 2.45) is 0 Å². The number of para-hydroxylation sites is 1. The first kappa shape index (κ1) is 13.5. The molecule has 1 heterocycles. The Morgan fingerprint density at radius 2 is 2.05 bits per heavy atom. The lowest BCUT2D eigenvalue weighted by Crippen LogP contribution is -2.38. The molecule has 2 aromatic carbocycles. The summed E-state index contributed by atoms with van der Waals surface area (Å²) in [6, 6.07) is 10.5. The number of carbonyl (C=O) groups excluding carboxylic acids is 1. The maximum atomic E-state index is 13.5. The summed E-state index contributed by atoms with van der Waals surface area (Å²) >= 11 is 0. The summed E-state index contributed by atoms with van der Waals surface area (Å²) in [4.78, 5) is 12.1. The summed E-state index contributed by atoms with van der Waals surface area (Å²) < 4.78 is 26.5. The SMILES string of the molecule is O=C(NCc1cc(F)ccc1F)C1Cc2ccccc2N1. The number of fused-ring (bicyclic) bond motifs is 1. The highest BCUT2D eigenvalue weighted by Crippen LogP contribution is 2.25. The maximum Gasteiger partial charge on any atom is 0.243 e. The predicted molar refractivity (Wildman–Crippen MR) is 75.8 cm³/mol. The Hall–Kier alpha value is -2.43. The van der Waals surface area contributed by atoms with Gasteiger partial charge in [0, 0.05) is 24.2 Å². The van der Waals surface area contributed by atoms with Crippen molar-refractivity contribution in [1.29, 1.82) is 0 Å². The third-order valence-electron chi connectivity index (χ3n) is 3.55. The van der Waals surface area contributed by atoms with E-state index in [0.717, 1.165) is 29.4 Å². The normalized spacial score (nSPS) is 16.2. The van der Waals surface area contributed by atoms with Crippen molar-refractivity contribution in [1.82, 2.24) is 5.32 Å². The van der Waals surface area contributed by atoms with Gasteiger partial charge in [0.15, 0.2) is 0 Å². The molecule has 21 heavy (non-hydrogen) atoms. The Balaban J connectivity index is 1.62. The summed E-state index contributed by atoms with van der Waals surface area (Å²) in [5, 5.41) is 5.75. The van der Waals surface area contributed by atoms with Crippen LogP contribution in [0.5, 0.6) is 0 Å². The van der Waals surface area contributed by atoms with Gasteiger partial charge in [-0.2, -0.15) is 0 Å². The topological polar surface area (TPSA) is 41.1 Å². The van der Waals surface area contributed by atoms with Crippen molar-refractivity contribution in [3.63, 3.8) is 0 Å². The highest BCUT2D eigenvalue weighted by molar-refractivity contribution is 5.87. The minimum atomic E-state index is -0.528. The van der Waals surface area contributed by atoms with Gasteiger partial charge in [0.2, 0.25) is 5.91 Å². The van der Waals surface area contributed by atoms with Gasteiger partial charge < -0.3 is 10.6 Å². The van der Waals surface area contributed by atoms with Gasteiger partial charge in [0.25, 0.3) is 0 Å². The van der Waals surface area contributed by atoms with Crippen molar-refractivity contribution in [2.75, 3.05) is 5.32 Å². The minimum absolute atomic E-state index is 0.0308. The van der Waals surface area contributed by atoms with Gasteiger partial charge in [0.05, 0.1) is 0 Å². The summed E-state index contributed by atoms with van der Waals surface area (Å²) in [6.45, 7) is -0.0308. The smallest absolute Gasteiger partial charge is 0.243 e. The fraction of sp³-hybridized carbons (Fsp3) is 0.188. The first-order chi connectivity index (χ1) is 10.1. The van der Waals surface area contributed by atoms with E-state index in [0.29, 0.717) is 6.42 Å². The summed E-state index contributed by atoms with van der Waals surface area (Å²) in [5.74, 6) is -1.28. The molecule has 3 nitrogen and oxygen atoms in total. The number of anilines is 1. The molecule has 1 aliphatic rings. The average Bonchev–Trinajstić information content (AvgIpc) is 2.92. The molecule has 0 saturated heterocycles. The quantitative estimate of drug-likeness (QED) is 0.911. The number of rotatable bonds is 3. The van der Waals surface area contributed by atoms with Gasteiger partial charge in [0.1, 0.15) is 17.7 Å². The van der Waals surface area contributed by atoms with Crippen molar-refractivity contribution in [2.45, 2.75) is 19.0 Å². The van der Waals surface area contributed by atoms with Crippen LogP contribution in [0.4, 0.5) is 14.5 Å². The van der Waals surface area contributed by atoms with E-state index < -0.39 is 11.6 Å². The lowest BCUT2D eigenvalue weighted by atomic mass is 10.1. The fourth-order valence-corrected chi connectivity index (χ4v) is 2.44. The number of carbonyl (C=O) groups is 1. The van der Waals surface area contributed by atoms with E-state index in [4.69, 9.17) is 0 Å². The Morgan fingerprint density at radius 3 is 2.86 bits per heavy atom. The van der Waals surface area contributed by atoms with Crippen LogP contribution in [-0.2, 0) is 17.8 Å².